The Morgan fingerprint density at radius 2 is 1.87 bits per heavy atom. The zero-order valence-electron chi connectivity index (χ0n) is 13.2. The third-order valence-electron chi connectivity index (χ3n) is 2.97. The Bertz CT molecular complexity index is 600. The Kier molecular flexibility index (Phi) is 6.34. The molecule has 1 aromatic rings. The van der Waals surface area contributed by atoms with Crippen LogP contribution in [-0.2, 0) is 20.5 Å². The van der Waals surface area contributed by atoms with Crippen molar-refractivity contribution in [1.29, 1.82) is 0 Å². The predicted molar refractivity (Wildman–Crippen MR) is 83.8 cm³/mol. The van der Waals surface area contributed by atoms with Gasteiger partial charge >= 0.3 is 5.97 Å². The minimum Gasteiger partial charge on any atom is -0.467 e. The second-order valence-corrected chi connectivity index (χ2v) is 7.75. The Hall–Kier alpha value is -1.87. The molecule has 0 saturated carbocycles. The van der Waals surface area contributed by atoms with E-state index in [0.717, 1.165) is 7.11 Å². The Labute approximate surface area is 136 Å². The van der Waals surface area contributed by atoms with Crippen LogP contribution in [0.25, 0.3) is 0 Å². The fraction of sp³-hybridized carbons (Fsp3) is 0.500. The molecule has 0 fully saturated rings. The van der Waals surface area contributed by atoms with Gasteiger partial charge < -0.3 is 4.74 Å². The van der Waals surface area contributed by atoms with Gasteiger partial charge in [0.25, 0.3) is 5.69 Å². The number of carbonyl (C=O) groups excluding carboxylic acids is 1. The first-order chi connectivity index (χ1) is 10.6. The van der Waals surface area contributed by atoms with Gasteiger partial charge in [0.05, 0.1) is 33.8 Å². The molecule has 128 valence electrons. The average Bonchev–Trinajstić information content (AvgIpc) is 2.50. The molecule has 1 N–H and O–H groups in total. The summed E-state index contributed by atoms with van der Waals surface area (Å²) in [6, 6.07) is 3.75. The topological polar surface area (TPSA) is 98.5 Å². The van der Waals surface area contributed by atoms with Crippen molar-refractivity contribution in [2.45, 2.75) is 37.7 Å². The first kappa shape index (κ1) is 19.2. The maximum Gasteiger partial charge on any atom is 0.342 e. The number of hydrogen-bond acceptors (Lipinski definition) is 5. The van der Waals surface area contributed by atoms with Crippen LogP contribution in [0.1, 0.15) is 32.4 Å². The molecule has 7 nitrogen and oxygen atoms in total. The van der Waals surface area contributed by atoms with E-state index in [9.17, 15) is 23.5 Å². The second kappa shape index (κ2) is 7.60. The lowest BCUT2D eigenvalue weighted by atomic mass is 10.0. The van der Waals surface area contributed by atoms with Crippen molar-refractivity contribution in [2.75, 3.05) is 7.11 Å². The number of alkyl halides is 1. The first-order valence-corrected chi connectivity index (χ1v) is 7.87. The fourth-order valence-electron chi connectivity index (χ4n) is 1.64. The number of nitro groups is 1. The number of nitrogens with zero attached hydrogens (tertiary/aromatic N) is 1. The largest absolute Gasteiger partial charge is 0.467 e. The summed E-state index contributed by atoms with van der Waals surface area (Å²) >= 11 is 0. The first-order valence-electron chi connectivity index (χ1n) is 6.72. The normalized spacial score (nSPS) is 15.5. The summed E-state index contributed by atoms with van der Waals surface area (Å²) in [5.41, 5.74) is 0.0871. The van der Waals surface area contributed by atoms with Crippen LogP contribution in [0.5, 0.6) is 0 Å². The monoisotopic (exact) mass is 346 g/mol. The standard InChI is InChI=1S/C14H19FN2O5S/c1-14(2,3)23(21)16-12(11(15)13(18)22-4)9-5-7-10(8-6-9)17(19)20/h5-8,11-12,16H,1-4H3. The van der Waals surface area contributed by atoms with Crippen molar-refractivity contribution in [1.82, 2.24) is 4.72 Å². The summed E-state index contributed by atoms with van der Waals surface area (Å²) in [5, 5.41) is 10.7. The van der Waals surface area contributed by atoms with E-state index in [1.807, 2.05) is 0 Å². The molecule has 9 heteroatoms. The third kappa shape index (κ3) is 5.07. The maximum atomic E-state index is 14.3. The van der Waals surface area contributed by atoms with Gasteiger partial charge in [0.1, 0.15) is 0 Å². The minimum atomic E-state index is -2.10. The highest BCUT2D eigenvalue weighted by atomic mass is 32.2. The Morgan fingerprint density at radius 3 is 2.26 bits per heavy atom. The summed E-state index contributed by atoms with van der Waals surface area (Å²) in [6.45, 7) is 5.07. The number of halogens is 1. The molecule has 0 saturated heterocycles. The van der Waals surface area contributed by atoms with E-state index in [2.05, 4.69) is 9.46 Å². The lowest BCUT2D eigenvalue weighted by molar-refractivity contribution is -0.384. The molecule has 0 aliphatic carbocycles. The van der Waals surface area contributed by atoms with Crippen LogP contribution in [0.3, 0.4) is 0 Å². The molecule has 0 aromatic heterocycles. The van der Waals surface area contributed by atoms with E-state index in [1.165, 1.54) is 24.3 Å². The summed E-state index contributed by atoms with van der Waals surface area (Å²) in [5.74, 6) is -1.12. The predicted octanol–water partition coefficient (Wildman–Crippen LogP) is 2.20. The van der Waals surface area contributed by atoms with E-state index in [4.69, 9.17) is 0 Å². The van der Waals surface area contributed by atoms with Crippen molar-refractivity contribution >= 4 is 22.6 Å². The highest BCUT2D eigenvalue weighted by Crippen LogP contribution is 2.25. The number of carbonyl (C=O) groups is 1. The van der Waals surface area contributed by atoms with Crippen molar-refractivity contribution in [3.8, 4) is 0 Å². The summed E-state index contributed by atoms with van der Waals surface area (Å²) < 4.78 is 32.8. The number of non-ortho nitro benzene ring substituents is 1. The van der Waals surface area contributed by atoms with Crippen molar-refractivity contribution in [3.63, 3.8) is 0 Å². The number of hydrogen-bond donors (Lipinski definition) is 1. The van der Waals surface area contributed by atoms with Crippen LogP contribution in [-0.4, -0.2) is 33.1 Å². The van der Waals surface area contributed by atoms with Crippen LogP contribution in [0.15, 0.2) is 24.3 Å². The number of rotatable bonds is 6. The number of nitro benzene ring substituents is 1. The summed E-state index contributed by atoms with van der Waals surface area (Å²) in [6.07, 6.45) is -2.10. The van der Waals surface area contributed by atoms with Gasteiger partial charge in [0.15, 0.2) is 0 Å². The lowest BCUT2D eigenvalue weighted by Gasteiger charge is -2.25. The van der Waals surface area contributed by atoms with E-state index in [0.29, 0.717) is 0 Å². The minimum absolute atomic E-state index is 0.169. The Balaban J connectivity index is 3.15. The molecule has 0 amide bonds. The molecule has 0 radical (unpaired) electrons. The van der Waals surface area contributed by atoms with Gasteiger partial charge in [0, 0.05) is 12.1 Å². The van der Waals surface area contributed by atoms with Crippen molar-refractivity contribution < 1.29 is 23.1 Å². The molecule has 1 aromatic carbocycles. The molecular formula is C14H19FN2O5S. The van der Waals surface area contributed by atoms with Crippen LogP contribution < -0.4 is 4.72 Å². The molecule has 3 unspecified atom stereocenters. The zero-order valence-corrected chi connectivity index (χ0v) is 14.1. The molecule has 0 heterocycles. The molecule has 0 aliphatic rings. The SMILES string of the molecule is COC(=O)C(F)C(NS(=O)C(C)(C)C)c1ccc([N+](=O)[O-])cc1. The van der Waals surface area contributed by atoms with Crippen LogP contribution in [0.4, 0.5) is 10.1 Å². The average molecular weight is 346 g/mol. The summed E-state index contributed by atoms with van der Waals surface area (Å²) in [7, 11) is -0.609. The third-order valence-corrected chi connectivity index (χ3v) is 4.55. The number of esters is 1. The fourth-order valence-corrected chi connectivity index (χ4v) is 2.48. The lowest BCUT2D eigenvalue weighted by Crippen LogP contribution is -2.41. The van der Waals surface area contributed by atoms with Crippen LogP contribution >= 0.6 is 0 Å². The van der Waals surface area contributed by atoms with Crippen LogP contribution in [0, 0.1) is 10.1 Å². The molecule has 1 rings (SSSR count). The number of methoxy groups -OCH3 is 1. The van der Waals surface area contributed by atoms with E-state index in [1.54, 1.807) is 20.8 Å². The van der Waals surface area contributed by atoms with Crippen molar-refractivity contribution in [3.05, 3.63) is 39.9 Å². The van der Waals surface area contributed by atoms with Gasteiger partial charge in [-0.1, -0.05) is 12.1 Å². The van der Waals surface area contributed by atoms with Gasteiger partial charge in [-0.3, -0.25) is 10.1 Å². The molecule has 0 aliphatic heterocycles. The highest BCUT2D eigenvalue weighted by Gasteiger charge is 2.34. The van der Waals surface area contributed by atoms with Gasteiger partial charge in [-0.25, -0.2) is 18.1 Å². The molecular weight excluding hydrogens is 327 g/mol. The highest BCUT2D eigenvalue weighted by molar-refractivity contribution is 7.84. The number of benzene rings is 1. The molecule has 3 atom stereocenters. The number of ether oxygens (including phenoxy) is 1. The van der Waals surface area contributed by atoms with Gasteiger partial charge in [-0.2, -0.15) is 0 Å². The van der Waals surface area contributed by atoms with Crippen LogP contribution in [0.2, 0.25) is 0 Å². The van der Waals surface area contributed by atoms with E-state index < -0.39 is 38.8 Å². The Morgan fingerprint density at radius 1 is 1.35 bits per heavy atom. The van der Waals surface area contributed by atoms with Gasteiger partial charge in [-0.05, 0) is 26.3 Å². The van der Waals surface area contributed by atoms with Gasteiger partial charge in [-0.15, -0.1) is 0 Å². The molecule has 0 bridgehead atoms. The second-order valence-electron chi connectivity index (χ2n) is 5.75. The summed E-state index contributed by atoms with van der Waals surface area (Å²) in [4.78, 5) is 21.6. The van der Waals surface area contributed by atoms with E-state index in [-0.39, 0.29) is 11.3 Å². The van der Waals surface area contributed by atoms with E-state index >= 15 is 0 Å². The number of nitrogens with one attached hydrogen (secondary N) is 1. The maximum absolute atomic E-state index is 14.3. The van der Waals surface area contributed by atoms with Gasteiger partial charge in [0.2, 0.25) is 6.17 Å². The molecule has 23 heavy (non-hydrogen) atoms. The van der Waals surface area contributed by atoms with Crippen molar-refractivity contribution in [2.24, 2.45) is 0 Å². The smallest absolute Gasteiger partial charge is 0.342 e. The molecule has 0 spiro atoms. The quantitative estimate of drug-likeness (QED) is 0.484. The zero-order chi connectivity index (χ0) is 17.8.